The van der Waals surface area contributed by atoms with Crippen molar-refractivity contribution >= 4 is 22.6 Å². The molecule has 20 heavy (non-hydrogen) atoms. The molecule has 1 aromatic heterocycles. The number of nitrogens with one attached hydrogen (secondary N) is 1. The summed E-state index contributed by atoms with van der Waals surface area (Å²) in [6.45, 7) is 4.61. The number of nitrogens with zero attached hydrogens (tertiary/aromatic N) is 2. The highest BCUT2D eigenvalue weighted by molar-refractivity contribution is 6.31. The molecule has 2 heterocycles. The van der Waals surface area contributed by atoms with Gasteiger partial charge in [0.15, 0.2) is 0 Å². The highest BCUT2D eigenvalue weighted by atomic mass is 35.5. The molecule has 3 rings (SSSR count). The van der Waals surface area contributed by atoms with E-state index in [9.17, 15) is 0 Å². The Bertz CT molecular complexity index is 610. The third-order valence-corrected chi connectivity index (χ3v) is 4.21. The van der Waals surface area contributed by atoms with E-state index in [4.69, 9.17) is 21.3 Å². The topological polar surface area (TPSA) is 39.1 Å². The van der Waals surface area contributed by atoms with Crippen LogP contribution in [0.1, 0.15) is 25.1 Å². The summed E-state index contributed by atoms with van der Waals surface area (Å²) in [5.74, 6) is 1.42. The van der Waals surface area contributed by atoms with Gasteiger partial charge in [-0.3, -0.25) is 0 Å². The highest BCUT2D eigenvalue weighted by Gasteiger charge is 2.32. The molecule has 1 aliphatic heterocycles. The first kappa shape index (κ1) is 13.9. The Labute approximate surface area is 124 Å². The lowest BCUT2D eigenvalue weighted by atomic mass is 10.0. The molecular weight excluding hydrogens is 274 g/mol. The largest absolute Gasteiger partial charge is 0.379 e. The van der Waals surface area contributed by atoms with Gasteiger partial charge in [0, 0.05) is 17.6 Å². The van der Waals surface area contributed by atoms with Crippen molar-refractivity contribution in [3.8, 4) is 0 Å². The maximum absolute atomic E-state index is 6.14. The number of ether oxygens (including phenoxy) is 1. The summed E-state index contributed by atoms with van der Waals surface area (Å²) >= 11 is 6.14. The number of hydrogen-bond acceptors (Lipinski definition) is 3. The minimum absolute atomic E-state index is 0.303. The molecular formula is C15H20ClN3O. The van der Waals surface area contributed by atoms with Gasteiger partial charge in [0.2, 0.25) is 0 Å². The van der Waals surface area contributed by atoms with E-state index in [1.807, 2.05) is 25.2 Å². The fraction of sp³-hybridized carbons (Fsp3) is 0.533. The van der Waals surface area contributed by atoms with E-state index in [2.05, 4.69) is 16.8 Å². The first-order chi connectivity index (χ1) is 9.74. The van der Waals surface area contributed by atoms with E-state index in [0.29, 0.717) is 12.0 Å². The van der Waals surface area contributed by atoms with Crippen LogP contribution in [0.15, 0.2) is 18.2 Å². The van der Waals surface area contributed by atoms with Gasteiger partial charge in [-0.2, -0.15) is 0 Å². The molecule has 1 aliphatic rings. The fourth-order valence-electron chi connectivity index (χ4n) is 2.95. The molecule has 2 unspecified atom stereocenters. The number of benzene rings is 1. The quantitative estimate of drug-likeness (QED) is 0.942. The number of imidazole rings is 1. The molecule has 2 aromatic rings. The molecule has 2 atom stereocenters. The van der Waals surface area contributed by atoms with E-state index < -0.39 is 0 Å². The van der Waals surface area contributed by atoms with Crippen LogP contribution in [0.4, 0.5) is 0 Å². The molecule has 1 N–H and O–H groups in total. The van der Waals surface area contributed by atoms with Gasteiger partial charge in [-0.15, -0.1) is 0 Å². The smallest absolute Gasteiger partial charge is 0.116 e. The molecule has 0 saturated carbocycles. The average molecular weight is 294 g/mol. The normalized spacial score (nSPS) is 22.8. The number of likely N-dealkylation sites (N-methyl/N-ethyl adjacent to an activating group) is 1. The van der Waals surface area contributed by atoms with Crippen LogP contribution < -0.4 is 5.32 Å². The van der Waals surface area contributed by atoms with E-state index in [0.717, 1.165) is 48.1 Å². The second-order valence-corrected chi connectivity index (χ2v) is 5.73. The molecule has 0 radical (unpaired) electrons. The number of fused-ring (bicyclic) bond motifs is 1. The van der Waals surface area contributed by atoms with Crippen molar-refractivity contribution in [1.29, 1.82) is 0 Å². The van der Waals surface area contributed by atoms with E-state index in [1.54, 1.807) is 0 Å². The maximum Gasteiger partial charge on any atom is 0.116 e. The summed E-state index contributed by atoms with van der Waals surface area (Å²) < 4.78 is 7.92. The Balaban J connectivity index is 2.11. The number of aromatic nitrogens is 2. The molecule has 1 aromatic carbocycles. The summed E-state index contributed by atoms with van der Waals surface area (Å²) in [6, 6.07) is 6.24. The predicted molar refractivity (Wildman–Crippen MR) is 81.4 cm³/mol. The van der Waals surface area contributed by atoms with Crippen molar-refractivity contribution in [3.63, 3.8) is 0 Å². The SMILES string of the molecule is CCCn1c(C2COCC2NC)nc2ccc(Cl)cc21. The van der Waals surface area contributed by atoms with Gasteiger partial charge in [-0.25, -0.2) is 4.98 Å². The molecule has 1 fully saturated rings. The summed E-state index contributed by atoms with van der Waals surface area (Å²) in [5, 5.41) is 4.09. The number of aryl methyl sites for hydroxylation is 1. The highest BCUT2D eigenvalue weighted by Crippen LogP contribution is 2.29. The zero-order valence-corrected chi connectivity index (χ0v) is 12.7. The van der Waals surface area contributed by atoms with Crippen LogP contribution in [-0.4, -0.2) is 35.9 Å². The summed E-state index contributed by atoms with van der Waals surface area (Å²) in [6.07, 6.45) is 1.07. The Hall–Kier alpha value is -1.10. The van der Waals surface area contributed by atoms with Crippen LogP contribution in [0.25, 0.3) is 11.0 Å². The zero-order valence-electron chi connectivity index (χ0n) is 11.9. The Morgan fingerprint density at radius 1 is 1.45 bits per heavy atom. The number of hydrogen-bond donors (Lipinski definition) is 1. The number of rotatable bonds is 4. The Kier molecular flexibility index (Phi) is 3.96. The number of halogens is 1. The maximum atomic E-state index is 6.14. The van der Waals surface area contributed by atoms with Crippen LogP contribution in [0.3, 0.4) is 0 Å². The van der Waals surface area contributed by atoms with E-state index in [1.165, 1.54) is 0 Å². The van der Waals surface area contributed by atoms with Crippen molar-refractivity contribution in [2.24, 2.45) is 0 Å². The second kappa shape index (κ2) is 5.72. The van der Waals surface area contributed by atoms with Crippen molar-refractivity contribution in [3.05, 3.63) is 29.0 Å². The van der Waals surface area contributed by atoms with E-state index in [-0.39, 0.29) is 0 Å². The molecule has 0 spiro atoms. The first-order valence-corrected chi connectivity index (χ1v) is 7.53. The van der Waals surface area contributed by atoms with Gasteiger partial charge < -0.3 is 14.6 Å². The molecule has 0 amide bonds. The van der Waals surface area contributed by atoms with Crippen LogP contribution in [0.5, 0.6) is 0 Å². The zero-order chi connectivity index (χ0) is 14.1. The van der Waals surface area contributed by atoms with Crippen molar-refractivity contribution in [2.45, 2.75) is 31.8 Å². The van der Waals surface area contributed by atoms with E-state index >= 15 is 0 Å². The molecule has 0 bridgehead atoms. The first-order valence-electron chi connectivity index (χ1n) is 7.15. The molecule has 0 aliphatic carbocycles. The van der Waals surface area contributed by atoms with Crippen LogP contribution >= 0.6 is 11.6 Å². The van der Waals surface area contributed by atoms with Gasteiger partial charge in [-0.05, 0) is 31.7 Å². The van der Waals surface area contributed by atoms with Gasteiger partial charge in [0.05, 0.1) is 30.2 Å². The van der Waals surface area contributed by atoms with Gasteiger partial charge >= 0.3 is 0 Å². The summed E-state index contributed by atoms with van der Waals surface area (Å²) in [4.78, 5) is 4.84. The Morgan fingerprint density at radius 3 is 3.05 bits per heavy atom. The fourth-order valence-corrected chi connectivity index (χ4v) is 3.12. The Morgan fingerprint density at radius 2 is 2.30 bits per heavy atom. The molecule has 4 nitrogen and oxygen atoms in total. The standard InChI is InChI=1S/C15H20ClN3O/c1-3-6-19-14-7-10(16)4-5-12(14)18-15(19)11-8-20-9-13(11)17-2/h4-5,7,11,13,17H,3,6,8-9H2,1-2H3. The van der Waals surface area contributed by atoms with Crippen LogP contribution in [0.2, 0.25) is 5.02 Å². The average Bonchev–Trinajstić information content (AvgIpc) is 3.03. The molecule has 5 heteroatoms. The summed E-state index contributed by atoms with van der Waals surface area (Å²) in [5.41, 5.74) is 2.13. The van der Waals surface area contributed by atoms with Gasteiger partial charge in [-0.1, -0.05) is 18.5 Å². The second-order valence-electron chi connectivity index (χ2n) is 5.29. The predicted octanol–water partition coefficient (Wildman–Crippen LogP) is 2.80. The van der Waals surface area contributed by atoms with Crippen LogP contribution in [-0.2, 0) is 11.3 Å². The van der Waals surface area contributed by atoms with Gasteiger partial charge in [0.25, 0.3) is 0 Å². The molecule has 1 saturated heterocycles. The lowest BCUT2D eigenvalue weighted by Gasteiger charge is -2.18. The van der Waals surface area contributed by atoms with Crippen molar-refractivity contribution in [1.82, 2.24) is 14.9 Å². The summed E-state index contributed by atoms with van der Waals surface area (Å²) in [7, 11) is 1.98. The third kappa shape index (κ3) is 2.32. The minimum atomic E-state index is 0.303. The molecule has 108 valence electrons. The van der Waals surface area contributed by atoms with Gasteiger partial charge in [0.1, 0.15) is 5.82 Å². The monoisotopic (exact) mass is 293 g/mol. The van der Waals surface area contributed by atoms with Crippen LogP contribution in [0, 0.1) is 0 Å². The third-order valence-electron chi connectivity index (χ3n) is 3.97. The van der Waals surface area contributed by atoms with Crippen molar-refractivity contribution in [2.75, 3.05) is 20.3 Å². The minimum Gasteiger partial charge on any atom is -0.379 e. The van der Waals surface area contributed by atoms with Crippen molar-refractivity contribution < 1.29 is 4.74 Å². The lowest BCUT2D eigenvalue weighted by Crippen LogP contribution is -2.32. The lowest BCUT2D eigenvalue weighted by molar-refractivity contribution is 0.187.